The fourth-order valence-electron chi connectivity index (χ4n) is 2.62. The third kappa shape index (κ3) is 4.83. The van der Waals surface area contributed by atoms with E-state index in [4.69, 9.17) is 36.4 Å². The van der Waals surface area contributed by atoms with Gasteiger partial charge in [0.05, 0.1) is 19.0 Å². The van der Waals surface area contributed by atoms with Crippen molar-refractivity contribution < 1.29 is 38.2 Å². The molecule has 1 saturated heterocycles. The Labute approximate surface area is 156 Å². The Balaban J connectivity index is 1.72. The lowest BCUT2D eigenvalue weighted by Crippen LogP contribution is -2.26. The van der Waals surface area contributed by atoms with Gasteiger partial charge in [0.2, 0.25) is 5.28 Å². The molecule has 0 aromatic carbocycles. The first kappa shape index (κ1) is 20.6. The molecule has 2 aromatic rings. The molecule has 150 valence electrons. The molecule has 16 heteroatoms. The van der Waals surface area contributed by atoms with E-state index in [-0.39, 0.29) is 23.2 Å². The Morgan fingerprint density at radius 3 is 2.74 bits per heavy atom. The zero-order valence-corrected chi connectivity index (χ0v) is 16.0. The number of rotatable bonds is 6. The molecule has 2 aromatic heterocycles. The number of aliphatic hydroxyl groups is 1. The molecule has 0 saturated carbocycles. The Hall–Kier alpha value is -1.14. The van der Waals surface area contributed by atoms with Crippen LogP contribution in [-0.4, -0.2) is 64.0 Å². The van der Waals surface area contributed by atoms with Crippen LogP contribution < -0.4 is 5.73 Å². The number of fused-ring (bicyclic) bond motifs is 1. The Kier molecular flexibility index (Phi) is 5.61. The van der Waals surface area contributed by atoms with Crippen molar-refractivity contribution in [2.24, 2.45) is 0 Å². The van der Waals surface area contributed by atoms with Crippen molar-refractivity contribution in [2.45, 2.75) is 24.9 Å². The van der Waals surface area contributed by atoms with E-state index in [2.05, 4.69) is 15.0 Å². The number of aromatic nitrogens is 4. The van der Waals surface area contributed by atoms with Gasteiger partial charge in [-0.2, -0.15) is 9.97 Å². The van der Waals surface area contributed by atoms with Gasteiger partial charge in [0.25, 0.3) is 0 Å². The van der Waals surface area contributed by atoms with Crippen LogP contribution in [0.15, 0.2) is 6.33 Å². The molecule has 0 aliphatic carbocycles. The highest BCUT2D eigenvalue weighted by Gasteiger charge is 2.39. The van der Waals surface area contributed by atoms with E-state index < -0.39 is 46.1 Å². The van der Waals surface area contributed by atoms with Crippen molar-refractivity contribution in [3.8, 4) is 0 Å². The summed E-state index contributed by atoms with van der Waals surface area (Å²) in [5, 5.41) is 10.0. The predicted octanol–water partition coefficient (Wildman–Crippen LogP) is 0.0475. The second-order valence-electron chi connectivity index (χ2n) is 5.87. The maximum Gasteiger partial charge on any atom is 0.340 e. The first-order chi connectivity index (χ1) is 12.5. The average Bonchev–Trinajstić information content (AvgIpc) is 3.06. The summed E-state index contributed by atoms with van der Waals surface area (Å²) in [6.07, 6.45) is -1.38. The molecular weight excluding hydrogens is 428 g/mol. The second-order valence-corrected chi connectivity index (χ2v) is 10.2. The van der Waals surface area contributed by atoms with Crippen molar-refractivity contribution in [3.63, 3.8) is 0 Å². The first-order valence-electron chi connectivity index (χ1n) is 7.45. The number of aliphatic hydroxyl groups excluding tert-OH is 1. The van der Waals surface area contributed by atoms with Crippen LogP contribution in [0.3, 0.4) is 0 Å². The van der Waals surface area contributed by atoms with Gasteiger partial charge in [-0.3, -0.25) is 13.7 Å². The van der Waals surface area contributed by atoms with E-state index in [0.717, 1.165) is 0 Å². The summed E-state index contributed by atoms with van der Waals surface area (Å²) < 4.78 is 34.3. The monoisotopic (exact) mass is 443 g/mol. The largest absolute Gasteiger partial charge is 0.390 e. The fraction of sp³-hybridized carbons (Fsp3) is 0.545. The first-order valence-corrected chi connectivity index (χ1v) is 11.4. The van der Waals surface area contributed by atoms with Crippen LogP contribution in [-0.2, 0) is 18.4 Å². The number of nitrogens with zero attached hydrogens (tertiary/aromatic N) is 4. The number of anilines is 1. The molecule has 0 bridgehead atoms. The fourth-order valence-corrected chi connectivity index (χ4v) is 5.36. The molecule has 13 nitrogen and oxygen atoms in total. The highest BCUT2D eigenvalue weighted by Crippen LogP contribution is 2.55. The minimum Gasteiger partial charge on any atom is -0.390 e. The van der Waals surface area contributed by atoms with Crippen molar-refractivity contribution in [2.75, 3.05) is 18.2 Å². The number of halogens is 1. The third-order valence-electron chi connectivity index (χ3n) is 3.74. The quantitative estimate of drug-likeness (QED) is 0.297. The molecule has 3 heterocycles. The van der Waals surface area contributed by atoms with Gasteiger partial charge in [-0.1, -0.05) is 0 Å². The van der Waals surface area contributed by atoms with Crippen LogP contribution in [0.4, 0.5) is 5.82 Å². The number of nitrogens with two attached hydrogens (primary N) is 1. The molecule has 0 amide bonds. The Morgan fingerprint density at radius 2 is 2.07 bits per heavy atom. The zero-order chi connectivity index (χ0) is 20.0. The van der Waals surface area contributed by atoms with Gasteiger partial charge in [-0.15, -0.1) is 0 Å². The SMILES string of the molecule is Nc1nc(Cl)nc2c1ncn2[C@H]1C[C@H](O)[C@@H](COP(=O)(O)CP(=O)(O)O)O1. The molecule has 1 aliphatic rings. The molecule has 0 spiro atoms. The Bertz CT molecular complexity index is 950. The van der Waals surface area contributed by atoms with Crippen LogP contribution in [0.2, 0.25) is 5.28 Å². The summed E-state index contributed by atoms with van der Waals surface area (Å²) in [4.78, 5) is 38.9. The zero-order valence-electron chi connectivity index (χ0n) is 13.5. The van der Waals surface area contributed by atoms with Crippen LogP contribution in [0.25, 0.3) is 11.2 Å². The maximum atomic E-state index is 11.7. The van der Waals surface area contributed by atoms with Gasteiger partial charge in [0.15, 0.2) is 17.4 Å². The average molecular weight is 444 g/mol. The van der Waals surface area contributed by atoms with Crippen LogP contribution in [0, 0.1) is 0 Å². The lowest BCUT2D eigenvalue weighted by Gasteiger charge is -2.18. The van der Waals surface area contributed by atoms with Crippen LogP contribution in [0.1, 0.15) is 12.6 Å². The summed E-state index contributed by atoms with van der Waals surface area (Å²) >= 11 is 5.79. The molecule has 27 heavy (non-hydrogen) atoms. The summed E-state index contributed by atoms with van der Waals surface area (Å²) in [7, 11) is -9.30. The number of ether oxygens (including phenoxy) is 1. The molecule has 6 N–H and O–H groups in total. The van der Waals surface area contributed by atoms with Crippen molar-refractivity contribution in [1.82, 2.24) is 19.5 Å². The highest BCUT2D eigenvalue weighted by molar-refractivity contribution is 7.70. The number of nitrogen functional groups attached to an aromatic ring is 1. The topological polar surface area (TPSA) is 203 Å². The van der Waals surface area contributed by atoms with E-state index in [1.54, 1.807) is 0 Å². The lowest BCUT2D eigenvalue weighted by atomic mass is 10.2. The van der Waals surface area contributed by atoms with E-state index in [0.29, 0.717) is 5.52 Å². The van der Waals surface area contributed by atoms with E-state index in [9.17, 15) is 19.1 Å². The van der Waals surface area contributed by atoms with Gasteiger partial charge in [-0.05, 0) is 11.6 Å². The van der Waals surface area contributed by atoms with Crippen molar-refractivity contribution in [1.29, 1.82) is 0 Å². The Morgan fingerprint density at radius 1 is 1.37 bits per heavy atom. The van der Waals surface area contributed by atoms with E-state index in [1.807, 2.05) is 0 Å². The van der Waals surface area contributed by atoms with Gasteiger partial charge in [0.1, 0.15) is 17.8 Å². The van der Waals surface area contributed by atoms with Gasteiger partial charge in [0, 0.05) is 6.42 Å². The summed E-state index contributed by atoms with van der Waals surface area (Å²) in [5.74, 6) is -1.26. The van der Waals surface area contributed by atoms with E-state index >= 15 is 0 Å². The smallest absolute Gasteiger partial charge is 0.340 e. The van der Waals surface area contributed by atoms with E-state index in [1.165, 1.54) is 10.9 Å². The minimum absolute atomic E-state index is 0.0702. The summed E-state index contributed by atoms with van der Waals surface area (Å²) in [5.41, 5.74) is 6.29. The van der Waals surface area contributed by atoms with Crippen LogP contribution >= 0.6 is 26.8 Å². The van der Waals surface area contributed by atoms with Gasteiger partial charge >= 0.3 is 15.2 Å². The maximum absolute atomic E-state index is 11.7. The third-order valence-corrected chi connectivity index (χ3v) is 7.36. The molecule has 1 aliphatic heterocycles. The molecule has 3 rings (SSSR count). The number of hydrogen-bond acceptors (Lipinski definition) is 9. The second kappa shape index (κ2) is 7.36. The molecule has 1 unspecified atom stereocenters. The molecule has 4 atom stereocenters. The van der Waals surface area contributed by atoms with Crippen molar-refractivity contribution in [3.05, 3.63) is 11.6 Å². The molecule has 0 radical (unpaired) electrons. The van der Waals surface area contributed by atoms with Gasteiger partial charge in [-0.25, -0.2) is 4.98 Å². The number of imidazole rings is 1. The number of hydrogen-bond donors (Lipinski definition) is 5. The highest BCUT2D eigenvalue weighted by atomic mass is 35.5. The van der Waals surface area contributed by atoms with Gasteiger partial charge < -0.3 is 34.8 Å². The molecular formula is C11H16ClN5O8P2. The van der Waals surface area contributed by atoms with Crippen molar-refractivity contribution >= 4 is 43.8 Å². The summed E-state index contributed by atoms with van der Waals surface area (Å²) in [6.45, 7) is -0.546. The van der Waals surface area contributed by atoms with Crippen LogP contribution in [0.5, 0.6) is 0 Å². The lowest BCUT2D eigenvalue weighted by molar-refractivity contribution is -0.0395. The minimum atomic E-state index is -4.74. The summed E-state index contributed by atoms with van der Waals surface area (Å²) in [6, 6.07) is 0. The predicted molar refractivity (Wildman–Crippen MR) is 92.0 cm³/mol. The normalized spacial score (nSPS) is 25.7. The standard InChI is InChI=1S/C11H16ClN5O8P2/c12-11-15-9(13)8-10(16-11)17(3-14-8)7-1-5(18)6(25-7)2-24-27(22,23)4-26(19,20)21/h3,5-7,18H,1-2,4H2,(H,22,23)(H2,13,15,16)(H2,19,20,21)/t5-,6+,7+/m0/s1. The molecule has 1 fully saturated rings.